The summed E-state index contributed by atoms with van der Waals surface area (Å²) in [5.74, 6) is -2.11. The van der Waals surface area contributed by atoms with Gasteiger partial charge in [-0.2, -0.15) is 8.42 Å². The molecule has 1 aromatic heterocycles. The molecule has 1 saturated heterocycles. The molecule has 5 aromatic rings. The molecule has 2 saturated carbocycles. The lowest BCUT2D eigenvalue weighted by atomic mass is 9.47. The molecule has 15 nitrogen and oxygen atoms in total. The Balaban J connectivity index is 1.15. The number of likely N-dealkylation sites (N-methyl/N-ethyl adjacent to an activating group) is 1. The SMILES string of the molecule is CC[C@]12C=CCN3CC[C@@]4(c5cc([C@@]6(C(=O)OC)C[C@H]([C@@H]7CCCC[C@@H]7COS(=O)(=O)c7ccc(C)cc7)CN(Cc7ccccc7)CCCc7c6[nH]c6ccccc76)c(OC)cc5N(C)[C@H]4[C@@](O)(C(=O)OC)[C@@H]1OC(C)=O)[C@@H]32. The molecule has 4 aromatic carbocycles. The first-order valence-electron chi connectivity index (χ1n) is 28.3. The number of methoxy groups -OCH3 is 3. The molecule has 1 spiro atoms. The van der Waals surface area contributed by atoms with Gasteiger partial charge in [-0.1, -0.05) is 98.1 Å². The molecule has 0 amide bonds. The summed E-state index contributed by atoms with van der Waals surface area (Å²) in [4.78, 5) is 55.2. The number of anilines is 1. The van der Waals surface area contributed by atoms with Gasteiger partial charge < -0.3 is 33.9 Å². The highest BCUT2D eigenvalue weighted by Gasteiger charge is 2.80. The minimum atomic E-state index is -4.11. The van der Waals surface area contributed by atoms with E-state index in [1.54, 1.807) is 31.4 Å². The Kier molecular flexibility index (Phi) is 14.7. The zero-order chi connectivity index (χ0) is 55.6. The molecule has 2 N–H and O–H groups in total. The molecule has 2 aliphatic carbocycles. The second-order valence-corrected chi connectivity index (χ2v) is 25.0. The van der Waals surface area contributed by atoms with Gasteiger partial charge in [-0.15, -0.1) is 0 Å². The highest BCUT2D eigenvalue weighted by Crippen LogP contribution is 2.68. The highest BCUT2D eigenvalue weighted by atomic mass is 32.2. The Morgan fingerprint density at radius 3 is 2.32 bits per heavy atom. The van der Waals surface area contributed by atoms with Crippen molar-refractivity contribution < 1.29 is 51.0 Å². The van der Waals surface area contributed by atoms with Crippen molar-refractivity contribution in [1.82, 2.24) is 14.8 Å². The number of carbonyl (C=O) groups excluding carboxylic acids is 3. The van der Waals surface area contributed by atoms with E-state index in [0.29, 0.717) is 68.1 Å². The lowest BCUT2D eigenvalue weighted by Gasteiger charge is -2.63. The van der Waals surface area contributed by atoms with Crippen molar-refractivity contribution in [2.24, 2.45) is 23.2 Å². The van der Waals surface area contributed by atoms with Crippen LogP contribution in [-0.4, -0.2) is 131 Å². The minimum Gasteiger partial charge on any atom is -0.496 e. The van der Waals surface area contributed by atoms with Crippen LogP contribution in [-0.2, 0) is 66.7 Å². The summed E-state index contributed by atoms with van der Waals surface area (Å²) < 4.78 is 58.8. The van der Waals surface area contributed by atoms with Crippen molar-refractivity contribution in [1.29, 1.82) is 0 Å². The lowest BCUT2D eigenvalue weighted by Crippen LogP contribution is -2.81. The van der Waals surface area contributed by atoms with E-state index in [2.05, 4.69) is 63.3 Å². The molecule has 0 unspecified atom stereocenters. The third-order valence-corrected chi connectivity index (χ3v) is 20.8. The van der Waals surface area contributed by atoms with Crippen LogP contribution in [0.1, 0.15) is 98.7 Å². The number of esters is 3. The van der Waals surface area contributed by atoms with Crippen LogP contribution in [0.3, 0.4) is 0 Å². The van der Waals surface area contributed by atoms with E-state index in [-0.39, 0.29) is 41.7 Å². The smallest absolute Gasteiger partial charge is 0.344 e. The maximum absolute atomic E-state index is 16.3. The number of H-pyrrole nitrogens is 1. The third-order valence-electron chi connectivity index (χ3n) is 19.5. The standard InChI is InChI=1S/C63H76N4O11S/c1-8-60-29-17-32-67-33-30-61(55(60)67)49-34-50(53(74-5)35-52(49)65(4)56(61)63(71,59(70)76-7)57(60)78-41(3)68)62(58(69)75-6)36-44(46-21-13-12-20-43(46)39-77-79(72,73)45-27-25-40(2)26-28-45)38-66(37-42-18-10-9-11-19-42)31-16-23-48-47-22-14-15-24-51(47)64-54(48)62/h9-11,14-15,17-19,22,24-29,34-35,43-44,46,55-57,64,71H,8,12-13,16,20-21,23,30-33,36-39H2,1-7H3/t43-,44+,46-,55+,56-,57-,60-,61-,62+,63+/m1/s1. The number of aromatic amines is 1. The van der Waals surface area contributed by atoms with Crippen LogP contribution in [0.5, 0.6) is 5.75 Å². The topological polar surface area (TPSA) is 177 Å². The molecule has 0 bridgehead atoms. The van der Waals surface area contributed by atoms with Crippen LogP contribution >= 0.6 is 0 Å². The quantitative estimate of drug-likeness (QED) is 0.0496. The van der Waals surface area contributed by atoms with Gasteiger partial charge in [0, 0.05) is 84.4 Å². The average molecular weight is 1100 g/mol. The third kappa shape index (κ3) is 8.72. The van der Waals surface area contributed by atoms with Gasteiger partial charge in [0.05, 0.1) is 38.9 Å². The van der Waals surface area contributed by atoms with Crippen molar-refractivity contribution in [3.63, 3.8) is 0 Å². The number of hydrogen-bond acceptors (Lipinski definition) is 14. The number of para-hydroxylation sites is 1. The first-order chi connectivity index (χ1) is 38.0. The van der Waals surface area contributed by atoms with Crippen molar-refractivity contribution in [3.05, 3.63) is 137 Å². The Labute approximate surface area is 464 Å². The first kappa shape index (κ1) is 54.9. The van der Waals surface area contributed by atoms with Crippen LogP contribution in [0, 0.1) is 30.1 Å². The number of aryl methyl sites for hydroxylation is 2. The summed E-state index contributed by atoms with van der Waals surface area (Å²) in [6, 6.07) is 28.1. The molecule has 0 radical (unpaired) electrons. The predicted molar refractivity (Wildman–Crippen MR) is 300 cm³/mol. The lowest BCUT2D eigenvalue weighted by molar-refractivity contribution is -0.228. The highest BCUT2D eigenvalue weighted by molar-refractivity contribution is 7.86. The summed E-state index contributed by atoms with van der Waals surface area (Å²) in [5.41, 5.74) is 0.820. The van der Waals surface area contributed by atoms with Crippen LogP contribution < -0.4 is 9.64 Å². The number of nitrogens with zero attached hydrogens (tertiary/aromatic N) is 3. The molecule has 10 atom stereocenters. The van der Waals surface area contributed by atoms with E-state index >= 15 is 4.79 Å². The average Bonchev–Trinajstić information content (AvgIpc) is 2.21. The summed E-state index contributed by atoms with van der Waals surface area (Å²) in [6.07, 6.45) is 8.75. The van der Waals surface area contributed by atoms with Crippen molar-refractivity contribution in [3.8, 4) is 5.75 Å². The van der Waals surface area contributed by atoms with Gasteiger partial charge in [0.15, 0.2) is 6.10 Å². The number of carbonyl (C=O) groups is 3. The Morgan fingerprint density at radius 1 is 0.861 bits per heavy atom. The number of aromatic nitrogens is 1. The molecule has 79 heavy (non-hydrogen) atoms. The van der Waals surface area contributed by atoms with Crippen LogP contribution in [0.2, 0.25) is 0 Å². The van der Waals surface area contributed by atoms with Gasteiger partial charge in [0.25, 0.3) is 10.1 Å². The number of fused-ring (bicyclic) bond motifs is 4. The first-order valence-corrected chi connectivity index (χ1v) is 29.7. The molecule has 420 valence electrons. The van der Waals surface area contributed by atoms with E-state index in [9.17, 15) is 23.1 Å². The number of aliphatic hydroxyl groups is 1. The second-order valence-electron chi connectivity index (χ2n) is 23.4. The molecular formula is C63H76N4O11S. The van der Waals surface area contributed by atoms with Gasteiger partial charge in [0.1, 0.15) is 11.2 Å². The number of benzene rings is 4. The summed E-state index contributed by atoms with van der Waals surface area (Å²) >= 11 is 0. The fourth-order valence-corrected chi connectivity index (χ4v) is 17.3. The fourth-order valence-electron chi connectivity index (χ4n) is 16.4. The Bertz CT molecular complexity index is 3270. The van der Waals surface area contributed by atoms with E-state index in [1.165, 1.54) is 21.1 Å². The van der Waals surface area contributed by atoms with E-state index < -0.39 is 62.0 Å². The molecule has 4 aliphatic heterocycles. The molecule has 11 rings (SSSR count). The van der Waals surface area contributed by atoms with Gasteiger partial charge >= 0.3 is 17.9 Å². The normalized spacial score (nSPS) is 30.7. The van der Waals surface area contributed by atoms with Crippen molar-refractivity contribution >= 4 is 44.6 Å². The van der Waals surface area contributed by atoms with Crippen LogP contribution in [0.25, 0.3) is 10.9 Å². The monoisotopic (exact) mass is 1100 g/mol. The summed E-state index contributed by atoms with van der Waals surface area (Å²) in [7, 11) is 2.07. The summed E-state index contributed by atoms with van der Waals surface area (Å²) in [5, 5.41) is 14.7. The van der Waals surface area contributed by atoms with Crippen LogP contribution in [0.4, 0.5) is 5.69 Å². The van der Waals surface area contributed by atoms with E-state index in [0.717, 1.165) is 71.8 Å². The molecule has 5 heterocycles. The summed E-state index contributed by atoms with van der Waals surface area (Å²) in [6.45, 7) is 8.47. The van der Waals surface area contributed by atoms with Crippen LogP contribution in [0.15, 0.2) is 108 Å². The Hall–Kier alpha value is -6.04. The number of rotatable bonds is 13. The second kappa shape index (κ2) is 21.1. The van der Waals surface area contributed by atoms with Crippen molar-refractivity contribution in [2.75, 3.05) is 66.1 Å². The maximum atomic E-state index is 16.3. The molecule has 3 fully saturated rings. The maximum Gasteiger partial charge on any atom is 0.344 e. The van der Waals surface area contributed by atoms with Gasteiger partial charge in [-0.25, -0.2) is 4.79 Å². The fraction of sp³-hybridized carbons (Fsp3) is 0.508. The number of hydrogen-bond donors (Lipinski definition) is 2. The number of ether oxygens (including phenoxy) is 4. The Morgan fingerprint density at radius 2 is 1.59 bits per heavy atom. The van der Waals surface area contributed by atoms with E-state index in [1.807, 2.05) is 56.1 Å². The van der Waals surface area contributed by atoms with Gasteiger partial charge in [-0.05, 0) is 124 Å². The van der Waals surface area contributed by atoms with Gasteiger partial charge in [-0.3, -0.25) is 23.6 Å². The predicted octanol–water partition coefficient (Wildman–Crippen LogP) is 8.56. The van der Waals surface area contributed by atoms with Crippen molar-refractivity contribution in [2.45, 2.75) is 125 Å². The molecule has 16 heteroatoms. The molecular weight excluding hydrogens is 1020 g/mol. The zero-order valence-corrected chi connectivity index (χ0v) is 47.5. The van der Waals surface area contributed by atoms with E-state index in [4.69, 9.17) is 23.1 Å². The minimum absolute atomic E-state index is 0.0136. The van der Waals surface area contributed by atoms with Gasteiger partial charge in [0.2, 0.25) is 5.60 Å². The largest absolute Gasteiger partial charge is 0.496 e. The molecule has 6 aliphatic rings. The number of nitrogens with one attached hydrogen (secondary N) is 1. The zero-order valence-electron chi connectivity index (χ0n) is 46.7.